The minimum Gasteiger partial charge on any atom is -0.480 e. The van der Waals surface area contributed by atoms with Crippen molar-refractivity contribution >= 4 is 11.9 Å². The second kappa shape index (κ2) is 6.06. The zero-order valence-corrected chi connectivity index (χ0v) is 7.10. The van der Waals surface area contributed by atoms with Gasteiger partial charge >= 0.3 is 5.97 Å². The van der Waals surface area contributed by atoms with E-state index in [1.807, 2.05) is 0 Å². The Bertz CT molecular complexity index is 194. The lowest BCUT2D eigenvalue weighted by atomic mass is 10.1. The molecule has 7 heteroatoms. The Balaban J connectivity index is 4.02. The molecule has 7 nitrogen and oxygen atoms in total. The maximum absolute atomic E-state index is 10.6. The number of oxime groups is 1. The van der Waals surface area contributed by atoms with Gasteiger partial charge < -0.3 is 27.1 Å². The lowest BCUT2D eigenvalue weighted by Crippen LogP contribution is -2.44. The van der Waals surface area contributed by atoms with E-state index in [1.165, 1.54) is 0 Å². The third-order valence-corrected chi connectivity index (χ3v) is 1.42. The van der Waals surface area contributed by atoms with Crippen LogP contribution in [-0.2, 0) is 4.79 Å². The van der Waals surface area contributed by atoms with Crippen molar-refractivity contribution in [3.05, 3.63) is 0 Å². The van der Waals surface area contributed by atoms with Gasteiger partial charge in [-0.2, -0.15) is 0 Å². The highest BCUT2D eigenvalue weighted by Crippen LogP contribution is 1.95. The van der Waals surface area contributed by atoms with Crippen LogP contribution in [0.3, 0.4) is 0 Å². The summed E-state index contributed by atoms with van der Waals surface area (Å²) in [6.07, 6.45) is 0.894. The van der Waals surface area contributed by atoms with Crippen LogP contribution in [0, 0.1) is 0 Å². The molecule has 0 radical (unpaired) electrons. The zero-order chi connectivity index (χ0) is 10.3. The normalized spacial score (nSPS) is 13.8. The summed E-state index contributed by atoms with van der Waals surface area (Å²) in [5.41, 5.74) is 10.3. The number of nitrogens with zero attached hydrogens (tertiary/aromatic N) is 1. The number of hydrogen-bond donors (Lipinski definition) is 5. The van der Waals surface area contributed by atoms with E-state index in [4.69, 9.17) is 21.8 Å². The molecular weight excluding hydrogens is 176 g/mol. The summed E-state index contributed by atoms with van der Waals surface area (Å²) in [6.45, 7) is 0.404. The van der Waals surface area contributed by atoms with E-state index in [-0.39, 0.29) is 5.96 Å². The highest BCUT2D eigenvalue weighted by Gasteiger charge is 2.16. The highest BCUT2D eigenvalue weighted by atomic mass is 16.4. The van der Waals surface area contributed by atoms with Gasteiger partial charge in [-0.05, 0) is 19.4 Å². The lowest BCUT2D eigenvalue weighted by Gasteiger charge is -2.12. The predicted octanol–water partition coefficient (Wildman–Crippen LogP) is -1.53. The first-order valence-corrected chi connectivity index (χ1v) is 3.78. The largest absolute Gasteiger partial charge is 0.480 e. The van der Waals surface area contributed by atoms with Crippen LogP contribution in [0.5, 0.6) is 0 Å². The molecule has 0 aromatic carbocycles. The van der Waals surface area contributed by atoms with E-state index in [0.717, 1.165) is 0 Å². The summed E-state index contributed by atoms with van der Waals surface area (Å²) < 4.78 is 0. The van der Waals surface area contributed by atoms with Crippen molar-refractivity contribution in [3.63, 3.8) is 0 Å². The minimum atomic E-state index is -1.06. The van der Waals surface area contributed by atoms with Crippen LogP contribution >= 0.6 is 0 Å². The molecule has 0 unspecified atom stereocenters. The first-order valence-electron chi connectivity index (χ1n) is 3.78. The van der Waals surface area contributed by atoms with Crippen LogP contribution in [0.1, 0.15) is 12.8 Å². The minimum absolute atomic E-state index is 0.315. The Hall–Kier alpha value is -1.50. The van der Waals surface area contributed by atoms with Crippen molar-refractivity contribution in [1.29, 1.82) is 0 Å². The number of carboxylic acid groups (broad SMARTS) is 1. The van der Waals surface area contributed by atoms with Crippen molar-refractivity contribution in [2.24, 2.45) is 16.6 Å². The van der Waals surface area contributed by atoms with Crippen LogP contribution in [-0.4, -0.2) is 34.8 Å². The molecule has 0 heterocycles. The summed E-state index contributed by atoms with van der Waals surface area (Å²) in [5, 5.41) is 21.8. The topological polar surface area (TPSA) is 134 Å². The fourth-order valence-electron chi connectivity index (χ4n) is 0.787. The predicted molar refractivity (Wildman–Crippen MR) is 46.3 cm³/mol. The number of nitrogens with two attached hydrogens (primary N) is 2. The molecule has 0 fully saturated rings. The molecule has 0 aliphatic carbocycles. The summed E-state index contributed by atoms with van der Waals surface area (Å²) >= 11 is 0. The van der Waals surface area contributed by atoms with Gasteiger partial charge in [0.2, 0.25) is 5.96 Å². The average molecular weight is 190 g/mol. The second-order valence-electron chi connectivity index (χ2n) is 2.45. The summed E-state index contributed by atoms with van der Waals surface area (Å²) in [4.78, 5) is 10.6. The number of nitrogens with one attached hydrogen (secondary N) is 1. The summed E-state index contributed by atoms with van der Waals surface area (Å²) in [6, 6.07) is -0.862. The molecule has 0 aliphatic heterocycles. The van der Waals surface area contributed by atoms with E-state index < -0.39 is 12.0 Å². The van der Waals surface area contributed by atoms with Gasteiger partial charge in [0.1, 0.15) is 6.04 Å². The van der Waals surface area contributed by atoms with Crippen LogP contribution in [0.15, 0.2) is 5.16 Å². The number of guanidine groups is 1. The number of rotatable bonds is 5. The van der Waals surface area contributed by atoms with Crippen molar-refractivity contribution in [2.45, 2.75) is 18.9 Å². The first-order chi connectivity index (χ1) is 6.11. The lowest BCUT2D eigenvalue weighted by molar-refractivity contribution is -0.139. The van der Waals surface area contributed by atoms with E-state index >= 15 is 0 Å². The maximum atomic E-state index is 10.6. The van der Waals surface area contributed by atoms with Crippen LogP contribution < -0.4 is 16.8 Å². The van der Waals surface area contributed by atoms with E-state index in [9.17, 15) is 4.79 Å². The molecule has 0 amide bonds. The molecule has 0 aromatic heterocycles. The molecule has 13 heavy (non-hydrogen) atoms. The third kappa shape index (κ3) is 4.86. The number of aliphatic carboxylic acids is 1. The average Bonchev–Trinajstić information content (AvgIpc) is 2.11. The SMILES string of the molecule is NCCC[C@@H](NC(N)=NO)C(=O)O. The van der Waals surface area contributed by atoms with Gasteiger partial charge in [0, 0.05) is 0 Å². The quantitative estimate of drug-likeness (QED) is 0.154. The molecule has 0 bridgehead atoms. The van der Waals surface area contributed by atoms with Gasteiger partial charge in [0.25, 0.3) is 0 Å². The monoisotopic (exact) mass is 190 g/mol. The van der Waals surface area contributed by atoms with E-state index in [1.54, 1.807) is 0 Å². The molecular formula is C6H14N4O3. The fourth-order valence-corrected chi connectivity index (χ4v) is 0.787. The summed E-state index contributed by atoms with van der Waals surface area (Å²) in [5.74, 6) is -1.37. The van der Waals surface area contributed by atoms with Gasteiger partial charge in [-0.25, -0.2) is 4.79 Å². The number of carbonyl (C=O) groups is 1. The second-order valence-corrected chi connectivity index (χ2v) is 2.45. The standard InChI is InChI=1S/C6H14N4O3/c7-3-1-2-4(5(11)12)9-6(8)10-13/h4,13H,1-3,7H2,(H,11,12)(H3,8,9,10)/t4-/m1/s1. The maximum Gasteiger partial charge on any atom is 0.326 e. The molecule has 0 aliphatic rings. The van der Waals surface area contributed by atoms with Crippen molar-refractivity contribution in [1.82, 2.24) is 5.32 Å². The number of carboxylic acids is 1. The van der Waals surface area contributed by atoms with Gasteiger partial charge in [0.05, 0.1) is 0 Å². The van der Waals surface area contributed by atoms with Crippen molar-refractivity contribution in [3.8, 4) is 0 Å². The fraction of sp³-hybridized carbons (Fsp3) is 0.667. The molecule has 7 N–H and O–H groups in total. The molecule has 0 saturated carbocycles. The molecule has 0 rings (SSSR count). The van der Waals surface area contributed by atoms with Gasteiger partial charge in [-0.1, -0.05) is 5.16 Å². The highest BCUT2D eigenvalue weighted by molar-refractivity contribution is 5.84. The van der Waals surface area contributed by atoms with E-state index in [2.05, 4.69) is 10.5 Å². The molecule has 0 aromatic rings. The number of hydrogen-bond acceptors (Lipinski definition) is 4. The van der Waals surface area contributed by atoms with Crippen molar-refractivity contribution in [2.75, 3.05) is 6.54 Å². The van der Waals surface area contributed by atoms with Crippen LogP contribution in [0.2, 0.25) is 0 Å². The Labute approximate surface area is 75.4 Å². The van der Waals surface area contributed by atoms with Crippen LogP contribution in [0.4, 0.5) is 0 Å². The van der Waals surface area contributed by atoms with E-state index in [0.29, 0.717) is 19.4 Å². The Morgan fingerprint density at radius 1 is 1.62 bits per heavy atom. The molecule has 0 saturated heterocycles. The Morgan fingerprint density at radius 2 is 2.23 bits per heavy atom. The van der Waals surface area contributed by atoms with Gasteiger partial charge in [-0.15, -0.1) is 0 Å². The Kier molecular flexibility index (Phi) is 5.37. The Morgan fingerprint density at radius 3 is 2.62 bits per heavy atom. The molecule has 76 valence electrons. The molecule has 1 atom stereocenters. The van der Waals surface area contributed by atoms with Crippen molar-refractivity contribution < 1.29 is 15.1 Å². The molecule has 0 spiro atoms. The van der Waals surface area contributed by atoms with Crippen LogP contribution in [0.25, 0.3) is 0 Å². The first kappa shape index (κ1) is 11.5. The zero-order valence-electron chi connectivity index (χ0n) is 7.10. The smallest absolute Gasteiger partial charge is 0.326 e. The van der Waals surface area contributed by atoms with Gasteiger partial charge in [0.15, 0.2) is 0 Å². The van der Waals surface area contributed by atoms with Gasteiger partial charge in [-0.3, -0.25) is 0 Å². The third-order valence-electron chi connectivity index (χ3n) is 1.42. The summed E-state index contributed by atoms with van der Waals surface area (Å²) in [7, 11) is 0.